The summed E-state index contributed by atoms with van der Waals surface area (Å²) < 4.78 is 20.1. The van der Waals surface area contributed by atoms with Gasteiger partial charge in [-0.25, -0.2) is 4.39 Å². The van der Waals surface area contributed by atoms with Crippen LogP contribution in [-0.2, 0) is 0 Å². The van der Waals surface area contributed by atoms with Crippen LogP contribution in [0.3, 0.4) is 0 Å². The Kier molecular flexibility index (Phi) is 5.80. The maximum absolute atomic E-state index is 14.8. The Morgan fingerprint density at radius 2 is 1.90 bits per heavy atom. The van der Waals surface area contributed by atoms with E-state index in [0.717, 1.165) is 41.6 Å². The molecule has 0 saturated carbocycles. The zero-order valence-electron chi connectivity index (χ0n) is 16.5. The first kappa shape index (κ1) is 19.8. The molecular formula is C22H24FN3O2S. The molecule has 5 nitrogen and oxygen atoms in total. The summed E-state index contributed by atoms with van der Waals surface area (Å²) in [6.07, 6.45) is 1.47. The van der Waals surface area contributed by atoms with Gasteiger partial charge in [0.1, 0.15) is 10.8 Å². The molecule has 7 heteroatoms. The first-order valence-electron chi connectivity index (χ1n) is 9.65. The van der Waals surface area contributed by atoms with Crippen LogP contribution in [0.1, 0.15) is 32.6 Å². The van der Waals surface area contributed by atoms with Crippen LogP contribution in [0.25, 0.3) is 0 Å². The topological polar surface area (TPSA) is 48.7 Å². The number of hydrogen-bond donors (Lipinski definition) is 1. The molecule has 1 atom stereocenters. The number of hydrogen-bond acceptors (Lipinski definition) is 5. The van der Waals surface area contributed by atoms with Gasteiger partial charge in [-0.15, -0.1) is 11.3 Å². The van der Waals surface area contributed by atoms with Crippen LogP contribution in [0.15, 0.2) is 53.1 Å². The number of aryl methyl sites for hydroxylation is 1. The number of piperazine rings is 1. The number of nitrogens with zero attached hydrogens (tertiary/aromatic N) is 2. The van der Waals surface area contributed by atoms with E-state index in [1.165, 1.54) is 23.7 Å². The molecule has 1 N–H and O–H groups in total. The number of furan rings is 1. The molecule has 152 valence electrons. The minimum absolute atomic E-state index is 0.233. The summed E-state index contributed by atoms with van der Waals surface area (Å²) in [5.41, 5.74) is 1.55. The highest BCUT2D eigenvalue weighted by molar-refractivity contribution is 7.16. The van der Waals surface area contributed by atoms with Crippen LogP contribution in [-0.4, -0.2) is 48.9 Å². The minimum atomic E-state index is -0.302. The number of nitrogens with one attached hydrogen (secondary N) is 1. The molecule has 2 aromatic heterocycles. The summed E-state index contributed by atoms with van der Waals surface area (Å²) in [6.45, 7) is 5.50. The third-order valence-corrected chi connectivity index (χ3v) is 6.24. The predicted molar refractivity (Wildman–Crippen MR) is 113 cm³/mol. The lowest BCUT2D eigenvalue weighted by Gasteiger charge is -2.38. The van der Waals surface area contributed by atoms with Gasteiger partial charge in [0.2, 0.25) is 0 Å². The number of thiophene rings is 1. The Morgan fingerprint density at radius 1 is 1.14 bits per heavy atom. The molecule has 1 unspecified atom stereocenters. The number of carbonyl (C=O) groups is 1. The van der Waals surface area contributed by atoms with Crippen molar-refractivity contribution in [2.45, 2.75) is 13.0 Å². The zero-order valence-corrected chi connectivity index (χ0v) is 17.3. The predicted octanol–water partition coefficient (Wildman–Crippen LogP) is 4.38. The van der Waals surface area contributed by atoms with Gasteiger partial charge in [0.05, 0.1) is 12.3 Å². The van der Waals surface area contributed by atoms with E-state index in [4.69, 9.17) is 4.42 Å². The van der Waals surface area contributed by atoms with Gasteiger partial charge in [-0.2, -0.15) is 0 Å². The van der Waals surface area contributed by atoms with Crippen molar-refractivity contribution in [3.05, 3.63) is 76.3 Å². The van der Waals surface area contributed by atoms with Gasteiger partial charge < -0.3 is 14.6 Å². The number of likely N-dealkylation sites (N-methyl/N-ethyl adjacent to an activating group) is 1. The molecule has 1 aliphatic rings. The number of carbonyl (C=O) groups excluding carboxylic acids is 1. The fourth-order valence-electron chi connectivity index (χ4n) is 3.75. The maximum Gasteiger partial charge on any atom is 0.291 e. The molecule has 1 aromatic carbocycles. The van der Waals surface area contributed by atoms with Gasteiger partial charge in [-0.3, -0.25) is 9.69 Å². The molecule has 1 fully saturated rings. The van der Waals surface area contributed by atoms with Crippen molar-refractivity contribution in [3.63, 3.8) is 0 Å². The standard InChI is InChI=1S/C22H24FN3O2S/c1-15-14-17(22(29-15)24-21(27)19-8-5-13-28-19)20(16-6-3-4-7-18(16)23)26-11-9-25(2)10-12-26/h3-8,13-14,20H,9-12H2,1-2H3,(H,24,27). The van der Waals surface area contributed by atoms with E-state index in [0.29, 0.717) is 5.56 Å². The minimum Gasteiger partial charge on any atom is -0.459 e. The highest BCUT2D eigenvalue weighted by Crippen LogP contribution is 2.40. The largest absolute Gasteiger partial charge is 0.459 e. The van der Waals surface area contributed by atoms with Crippen LogP contribution >= 0.6 is 11.3 Å². The summed E-state index contributed by atoms with van der Waals surface area (Å²) in [6, 6.07) is 12.0. The quantitative estimate of drug-likeness (QED) is 0.675. The van der Waals surface area contributed by atoms with Crippen molar-refractivity contribution >= 4 is 22.2 Å². The lowest BCUT2D eigenvalue weighted by atomic mass is 9.97. The Hall–Kier alpha value is -2.48. The molecule has 0 bridgehead atoms. The summed E-state index contributed by atoms with van der Waals surface area (Å²) >= 11 is 1.50. The van der Waals surface area contributed by atoms with E-state index in [1.807, 2.05) is 19.1 Å². The Morgan fingerprint density at radius 3 is 2.59 bits per heavy atom. The molecule has 0 spiro atoms. The lowest BCUT2D eigenvalue weighted by Crippen LogP contribution is -2.46. The van der Waals surface area contributed by atoms with E-state index in [1.54, 1.807) is 18.2 Å². The Bertz CT molecular complexity index is 978. The van der Waals surface area contributed by atoms with Crippen molar-refractivity contribution < 1.29 is 13.6 Å². The maximum atomic E-state index is 14.8. The molecule has 3 heterocycles. The average Bonchev–Trinajstić information content (AvgIpc) is 3.35. The smallest absolute Gasteiger partial charge is 0.291 e. The third kappa shape index (κ3) is 4.27. The third-order valence-electron chi connectivity index (χ3n) is 5.25. The molecular weight excluding hydrogens is 389 g/mol. The highest BCUT2D eigenvalue weighted by atomic mass is 32.1. The number of amides is 1. The van der Waals surface area contributed by atoms with Crippen molar-refractivity contribution in [2.24, 2.45) is 0 Å². The molecule has 0 aliphatic carbocycles. The monoisotopic (exact) mass is 413 g/mol. The van der Waals surface area contributed by atoms with Gasteiger partial charge in [0.15, 0.2) is 5.76 Å². The average molecular weight is 414 g/mol. The fraction of sp³-hybridized carbons (Fsp3) is 0.318. The number of anilines is 1. The van der Waals surface area contributed by atoms with E-state index in [-0.39, 0.29) is 23.5 Å². The second-order valence-corrected chi connectivity index (χ2v) is 8.59. The van der Waals surface area contributed by atoms with Crippen LogP contribution in [0, 0.1) is 12.7 Å². The van der Waals surface area contributed by atoms with Crippen LogP contribution in [0.2, 0.25) is 0 Å². The summed E-state index contributed by atoms with van der Waals surface area (Å²) in [5.74, 6) is -0.281. The van der Waals surface area contributed by atoms with Gasteiger partial charge in [-0.05, 0) is 38.2 Å². The second kappa shape index (κ2) is 8.49. The zero-order chi connectivity index (χ0) is 20.4. The second-order valence-electron chi connectivity index (χ2n) is 7.34. The first-order valence-corrected chi connectivity index (χ1v) is 10.5. The normalized spacial score (nSPS) is 16.7. The Labute approximate surface area is 173 Å². The molecule has 29 heavy (non-hydrogen) atoms. The molecule has 1 saturated heterocycles. The van der Waals surface area contributed by atoms with Crippen molar-refractivity contribution in [1.29, 1.82) is 0 Å². The molecule has 1 amide bonds. The Balaban J connectivity index is 1.73. The summed E-state index contributed by atoms with van der Waals surface area (Å²) in [5, 5.41) is 3.71. The van der Waals surface area contributed by atoms with E-state index >= 15 is 0 Å². The van der Waals surface area contributed by atoms with Crippen molar-refractivity contribution in [1.82, 2.24) is 9.80 Å². The highest BCUT2D eigenvalue weighted by Gasteiger charge is 2.31. The SMILES string of the molecule is Cc1cc(C(c2ccccc2F)N2CCN(C)CC2)c(NC(=O)c2ccco2)s1. The summed E-state index contributed by atoms with van der Waals surface area (Å²) in [7, 11) is 2.10. The summed E-state index contributed by atoms with van der Waals surface area (Å²) in [4.78, 5) is 18.2. The van der Waals surface area contributed by atoms with Crippen LogP contribution < -0.4 is 5.32 Å². The van der Waals surface area contributed by atoms with E-state index in [9.17, 15) is 9.18 Å². The van der Waals surface area contributed by atoms with Crippen LogP contribution in [0.4, 0.5) is 9.39 Å². The molecule has 0 radical (unpaired) electrons. The number of halogens is 1. The molecule has 3 aromatic rings. The number of rotatable bonds is 5. The van der Waals surface area contributed by atoms with Gasteiger partial charge in [0.25, 0.3) is 5.91 Å². The van der Waals surface area contributed by atoms with E-state index in [2.05, 4.69) is 28.2 Å². The first-order chi connectivity index (χ1) is 14.0. The lowest BCUT2D eigenvalue weighted by molar-refractivity contribution is 0.0996. The molecule has 1 aliphatic heterocycles. The van der Waals surface area contributed by atoms with Gasteiger partial charge in [0, 0.05) is 42.2 Å². The van der Waals surface area contributed by atoms with Crippen molar-refractivity contribution in [2.75, 3.05) is 38.5 Å². The number of benzene rings is 1. The van der Waals surface area contributed by atoms with E-state index < -0.39 is 0 Å². The van der Waals surface area contributed by atoms with Crippen LogP contribution in [0.5, 0.6) is 0 Å². The van der Waals surface area contributed by atoms with Gasteiger partial charge in [-0.1, -0.05) is 18.2 Å². The van der Waals surface area contributed by atoms with Gasteiger partial charge >= 0.3 is 0 Å². The fourth-order valence-corrected chi connectivity index (χ4v) is 4.69. The molecule has 4 rings (SSSR count). The van der Waals surface area contributed by atoms with Crippen molar-refractivity contribution in [3.8, 4) is 0 Å².